The quantitative estimate of drug-likeness (QED) is 0.684. The minimum absolute atomic E-state index is 0.0763. The number of nitrogens with one attached hydrogen (secondary N) is 1. The lowest BCUT2D eigenvalue weighted by atomic mass is 10.2. The summed E-state index contributed by atoms with van der Waals surface area (Å²) < 4.78 is 6.57. The molecular formula is C14H10BrN3O3. The summed E-state index contributed by atoms with van der Waals surface area (Å²) in [6.07, 6.45) is 1.40. The normalized spacial score (nSPS) is 15.0. The van der Waals surface area contributed by atoms with Gasteiger partial charge < -0.3 is 4.42 Å². The molecule has 1 fully saturated rings. The number of hydrazone groups is 1. The van der Waals surface area contributed by atoms with Gasteiger partial charge in [0.2, 0.25) is 5.91 Å². The highest BCUT2D eigenvalue weighted by molar-refractivity contribution is 9.10. The van der Waals surface area contributed by atoms with Crippen LogP contribution < -0.4 is 5.32 Å². The molecule has 1 aromatic carbocycles. The van der Waals surface area contributed by atoms with Crippen molar-refractivity contribution >= 4 is 34.1 Å². The van der Waals surface area contributed by atoms with Gasteiger partial charge in [0.25, 0.3) is 0 Å². The summed E-state index contributed by atoms with van der Waals surface area (Å²) in [5.74, 6) is 0.810. The van der Waals surface area contributed by atoms with Gasteiger partial charge in [-0.15, -0.1) is 0 Å². The van der Waals surface area contributed by atoms with Crippen molar-refractivity contribution in [3.8, 4) is 11.3 Å². The minimum Gasteiger partial charge on any atom is -0.455 e. The molecule has 1 aliphatic heterocycles. The molecule has 0 saturated carbocycles. The Kier molecular flexibility index (Phi) is 3.57. The van der Waals surface area contributed by atoms with Crippen LogP contribution in [0.2, 0.25) is 0 Å². The summed E-state index contributed by atoms with van der Waals surface area (Å²) in [5.41, 5.74) is 0.922. The number of hydrogen-bond donors (Lipinski definition) is 1. The zero-order valence-electron chi connectivity index (χ0n) is 10.7. The van der Waals surface area contributed by atoms with Gasteiger partial charge in [0, 0.05) is 10.0 Å². The van der Waals surface area contributed by atoms with Gasteiger partial charge in [0.05, 0.1) is 6.21 Å². The van der Waals surface area contributed by atoms with E-state index in [0.29, 0.717) is 11.5 Å². The average Bonchev–Trinajstić information content (AvgIpc) is 3.04. The van der Waals surface area contributed by atoms with Crippen molar-refractivity contribution in [2.75, 3.05) is 6.54 Å². The molecule has 0 unspecified atom stereocenters. The number of benzene rings is 1. The van der Waals surface area contributed by atoms with Crippen LogP contribution in [0.4, 0.5) is 4.79 Å². The lowest BCUT2D eigenvalue weighted by molar-refractivity contribution is -0.118. The number of rotatable bonds is 3. The molecular weight excluding hydrogens is 338 g/mol. The van der Waals surface area contributed by atoms with Crippen molar-refractivity contribution in [1.82, 2.24) is 10.3 Å². The van der Waals surface area contributed by atoms with E-state index in [1.54, 1.807) is 6.07 Å². The number of amides is 3. The molecule has 1 aliphatic rings. The van der Waals surface area contributed by atoms with Crippen LogP contribution in [0, 0.1) is 0 Å². The maximum Gasteiger partial charge on any atom is 0.344 e. The Morgan fingerprint density at radius 2 is 2.05 bits per heavy atom. The topological polar surface area (TPSA) is 74.9 Å². The van der Waals surface area contributed by atoms with Crippen molar-refractivity contribution in [3.63, 3.8) is 0 Å². The highest BCUT2D eigenvalue weighted by Gasteiger charge is 2.26. The van der Waals surface area contributed by atoms with E-state index in [1.807, 2.05) is 30.3 Å². The van der Waals surface area contributed by atoms with Crippen molar-refractivity contribution in [3.05, 3.63) is 46.6 Å². The van der Waals surface area contributed by atoms with Crippen molar-refractivity contribution in [2.45, 2.75) is 0 Å². The molecule has 0 atom stereocenters. The molecule has 106 valence electrons. The molecule has 0 bridgehead atoms. The number of nitrogens with zero attached hydrogens (tertiary/aromatic N) is 2. The second-order valence-electron chi connectivity index (χ2n) is 4.34. The van der Waals surface area contributed by atoms with E-state index in [9.17, 15) is 9.59 Å². The first-order valence-corrected chi connectivity index (χ1v) is 6.93. The molecule has 7 heteroatoms. The maximum absolute atomic E-state index is 11.3. The van der Waals surface area contributed by atoms with E-state index < -0.39 is 6.03 Å². The van der Waals surface area contributed by atoms with Crippen molar-refractivity contribution < 1.29 is 14.0 Å². The van der Waals surface area contributed by atoms with Crippen LogP contribution in [0.1, 0.15) is 5.76 Å². The Labute approximate surface area is 128 Å². The summed E-state index contributed by atoms with van der Waals surface area (Å²) in [6.45, 7) is -0.0763. The second kappa shape index (κ2) is 5.53. The van der Waals surface area contributed by atoms with Gasteiger partial charge in [0.15, 0.2) is 0 Å². The molecule has 1 aromatic heterocycles. The Hall–Kier alpha value is -2.41. The molecule has 0 radical (unpaired) electrons. The third-order valence-electron chi connectivity index (χ3n) is 2.86. The standard InChI is InChI=1S/C14H10BrN3O3/c15-11-4-2-1-3-10(11)12-6-5-9(21-12)7-16-18-8-13(19)17-14(18)20/h1-7H,8H2,(H,17,19,20)/b16-7-. The van der Waals surface area contributed by atoms with E-state index >= 15 is 0 Å². The maximum atomic E-state index is 11.3. The van der Waals surface area contributed by atoms with Gasteiger partial charge in [-0.1, -0.05) is 34.1 Å². The van der Waals surface area contributed by atoms with Crippen molar-refractivity contribution in [2.24, 2.45) is 5.10 Å². The zero-order chi connectivity index (χ0) is 14.8. The number of urea groups is 1. The summed E-state index contributed by atoms with van der Waals surface area (Å²) in [7, 11) is 0. The SMILES string of the molecule is O=C1CN(/N=C\c2ccc(-c3ccccc3Br)o2)C(=O)N1. The number of hydrogen-bond acceptors (Lipinski definition) is 4. The Bertz CT molecular complexity index is 739. The molecule has 2 heterocycles. The first kappa shape index (κ1) is 13.6. The fourth-order valence-corrected chi connectivity index (χ4v) is 2.36. The molecule has 1 N–H and O–H groups in total. The Morgan fingerprint density at radius 1 is 1.24 bits per heavy atom. The van der Waals surface area contributed by atoms with Crippen LogP contribution >= 0.6 is 15.9 Å². The summed E-state index contributed by atoms with van der Waals surface area (Å²) in [6, 6.07) is 10.7. The Balaban J connectivity index is 1.78. The van der Waals surface area contributed by atoms with Gasteiger partial charge in [0.1, 0.15) is 18.1 Å². The molecule has 1 saturated heterocycles. The van der Waals surface area contributed by atoms with E-state index in [0.717, 1.165) is 15.0 Å². The lowest BCUT2D eigenvalue weighted by Crippen LogP contribution is -2.24. The zero-order valence-corrected chi connectivity index (χ0v) is 12.3. The van der Waals surface area contributed by atoms with Gasteiger partial charge in [-0.25, -0.2) is 9.80 Å². The highest BCUT2D eigenvalue weighted by atomic mass is 79.9. The molecule has 0 aliphatic carbocycles. The third-order valence-corrected chi connectivity index (χ3v) is 3.56. The number of carbonyl (C=O) groups excluding carboxylic acids is 2. The summed E-state index contributed by atoms with van der Waals surface area (Å²) in [5, 5.41) is 7.11. The van der Waals surface area contributed by atoms with Crippen LogP contribution in [0.5, 0.6) is 0 Å². The number of halogens is 1. The van der Waals surface area contributed by atoms with Gasteiger partial charge in [-0.2, -0.15) is 5.10 Å². The first-order valence-electron chi connectivity index (χ1n) is 6.13. The van der Waals surface area contributed by atoms with E-state index in [-0.39, 0.29) is 12.5 Å². The first-order chi connectivity index (χ1) is 10.1. The number of furan rings is 1. The Morgan fingerprint density at radius 3 is 2.76 bits per heavy atom. The van der Waals surface area contributed by atoms with Crippen LogP contribution in [0.15, 0.2) is 50.4 Å². The second-order valence-corrected chi connectivity index (χ2v) is 5.19. The molecule has 6 nitrogen and oxygen atoms in total. The molecule has 3 rings (SSSR count). The van der Waals surface area contributed by atoms with Crippen LogP contribution in [0.25, 0.3) is 11.3 Å². The minimum atomic E-state index is -0.533. The average molecular weight is 348 g/mol. The highest BCUT2D eigenvalue weighted by Crippen LogP contribution is 2.28. The largest absolute Gasteiger partial charge is 0.455 e. The van der Waals surface area contributed by atoms with Crippen molar-refractivity contribution in [1.29, 1.82) is 0 Å². The van der Waals surface area contributed by atoms with E-state index in [1.165, 1.54) is 6.21 Å². The smallest absolute Gasteiger partial charge is 0.344 e. The van der Waals surface area contributed by atoms with Gasteiger partial charge in [-0.05, 0) is 18.2 Å². The van der Waals surface area contributed by atoms with Crippen LogP contribution in [-0.4, -0.2) is 29.7 Å². The summed E-state index contributed by atoms with van der Waals surface area (Å²) >= 11 is 3.46. The van der Waals surface area contributed by atoms with Gasteiger partial charge in [-0.3, -0.25) is 10.1 Å². The monoisotopic (exact) mass is 347 g/mol. The molecule has 3 amide bonds. The fraction of sp³-hybridized carbons (Fsp3) is 0.0714. The summed E-state index contributed by atoms with van der Waals surface area (Å²) in [4.78, 5) is 22.3. The molecule has 0 spiro atoms. The molecule has 2 aromatic rings. The van der Waals surface area contributed by atoms with E-state index in [4.69, 9.17) is 4.42 Å². The van der Waals surface area contributed by atoms with Gasteiger partial charge >= 0.3 is 6.03 Å². The fourth-order valence-electron chi connectivity index (χ4n) is 1.88. The molecule has 21 heavy (non-hydrogen) atoms. The lowest BCUT2D eigenvalue weighted by Gasteiger charge is -2.03. The predicted molar refractivity (Wildman–Crippen MR) is 79.7 cm³/mol. The van der Waals surface area contributed by atoms with Crippen LogP contribution in [0.3, 0.4) is 0 Å². The number of carbonyl (C=O) groups is 2. The third kappa shape index (κ3) is 2.87. The predicted octanol–water partition coefficient (Wildman–Crippen LogP) is 2.59. The van der Waals surface area contributed by atoms with Crippen LogP contribution in [-0.2, 0) is 4.79 Å². The number of imide groups is 1. The van der Waals surface area contributed by atoms with E-state index in [2.05, 4.69) is 26.3 Å².